The first-order valence-corrected chi connectivity index (χ1v) is 12.2. The molecule has 0 fully saturated rings. The van der Waals surface area contributed by atoms with Gasteiger partial charge in [0.05, 0.1) is 23.6 Å². The molecule has 6 nitrogen and oxygen atoms in total. The zero-order valence-corrected chi connectivity index (χ0v) is 20.6. The first-order valence-electron chi connectivity index (χ1n) is 12.2. The van der Waals surface area contributed by atoms with Crippen LogP contribution in [0.2, 0.25) is 0 Å². The number of nitrogens with zero attached hydrogens (tertiary/aromatic N) is 2. The van der Waals surface area contributed by atoms with Gasteiger partial charge in [0.1, 0.15) is 23.9 Å². The Bertz CT molecular complexity index is 1240. The van der Waals surface area contributed by atoms with Gasteiger partial charge < -0.3 is 19.4 Å². The lowest BCUT2D eigenvalue weighted by Gasteiger charge is -2.17. The number of fused-ring (bicyclic) bond motifs is 1. The van der Waals surface area contributed by atoms with Gasteiger partial charge in [-0.05, 0) is 61.2 Å². The number of imidazole rings is 1. The number of benzene rings is 3. The van der Waals surface area contributed by atoms with Gasteiger partial charge in [0.25, 0.3) is 5.91 Å². The summed E-state index contributed by atoms with van der Waals surface area (Å²) in [6.45, 7) is 7.42. The summed E-state index contributed by atoms with van der Waals surface area (Å²) in [5.41, 5.74) is 3.23. The zero-order chi connectivity index (χ0) is 24.6. The van der Waals surface area contributed by atoms with Crippen molar-refractivity contribution in [2.75, 3.05) is 13.2 Å². The molecular formula is C29H33N3O3. The van der Waals surface area contributed by atoms with E-state index in [0.717, 1.165) is 29.0 Å². The molecule has 0 saturated carbocycles. The molecule has 35 heavy (non-hydrogen) atoms. The number of amides is 1. The van der Waals surface area contributed by atoms with E-state index in [-0.39, 0.29) is 18.6 Å². The summed E-state index contributed by atoms with van der Waals surface area (Å²) in [5, 5.41) is 3.01. The van der Waals surface area contributed by atoms with E-state index in [9.17, 15) is 4.79 Å². The molecule has 182 valence electrons. The van der Waals surface area contributed by atoms with E-state index in [1.807, 2.05) is 73.7 Å². The van der Waals surface area contributed by atoms with E-state index in [2.05, 4.69) is 35.9 Å². The van der Waals surface area contributed by atoms with Crippen LogP contribution >= 0.6 is 0 Å². The maximum absolute atomic E-state index is 12.5. The third-order valence-corrected chi connectivity index (χ3v) is 6.21. The highest BCUT2D eigenvalue weighted by Gasteiger charge is 2.19. The van der Waals surface area contributed by atoms with E-state index < -0.39 is 0 Å². The van der Waals surface area contributed by atoms with Gasteiger partial charge in [0, 0.05) is 0 Å². The van der Waals surface area contributed by atoms with Crippen LogP contribution in [-0.4, -0.2) is 28.7 Å². The second-order valence-electron chi connectivity index (χ2n) is 8.73. The van der Waals surface area contributed by atoms with Crippen LogP contribution in [0.25, 0.3) is 11.0 Å². The van der Waals surface area contributed by atoms with Crippen molar-refractivity contribution < 1.29 is 14.3 Å². The van der Waals surface area contributed by atoms with Crippen LogP contribution in [0.15, 0.2) is 78.9 Å². The van der Waals surface area contributed by atoms with Crippen LogP contribution in [0.4, 0.5) is 0 Å². The second-order valence-corrected chi connectivity index (χ2v) is 8.73. The minimum atomic E-state index is -0.288. The summed E-state index contributed by atoms with van der Waals surface area (Å²) in [6.07, 6.45) is 1.11. The van der Waals surface area contributed by atoms with Gasteiger partial charge in [-0.3, -0.25) is 4.79 Å². The summed E-state index contributed by atoms with van der Waals surface area (Å²) in [5.74, 6) is 2.64. The maximum Gasteiger partial charge on any atom is 0.258 e. The molecule has 1 N–H and O–H groups in total. The van der Waals surface area contributed by atoms with E-state index >= 15 is 0 Å². The molecule has 4 aromatic rings. The molecule has 0 saturated heterocycles. The quantitative estimate of drug-likeness (QED) is 0.296. The van der Waals surface area contributed by atoms with Gasteiger partial charge >= 0.3 is 0 Å². The van der Waals surface area contributed by atoms with Gasteiger partial charge in [0.2, 0.25) is 0 Å². The molecule has 0 spiro atoms. The fraction of sp³-hybridized carbons (Fsp3) is 0.310. The summed E-state index contributed by atoms with van der Waals surface area (Å²) in [4.78, 5) is 17.3. The summed E-state index contributed by atoms with van der Waals surface area (Å²) < 4.78 is 13.7. The molecule has 2 atom stereocenters. The topological polar surface area (TPSA) is 65.4 Å². The van der Waals surface area contributed by atoms with Gasteiger partial charge in [-0.15, -0.1) is 0 Å². The fourth-order valence-corrected chi connectivity index (χ4v) is 4.06. The Morgan fingerprint density at radius 3 is 2.34 bits per heavy atom. The van der Waals surface area contributed by atoms with Crippen molar-refractivity contribution in [2.24, 2.45) is 0 Å². The summed E-state index contributed by atoms with van der Waals surface area (Å²) >= 11 is 0. The molecule has 1 aromatic heterocycles. The van der Waals surface area contributed by atoms with E-state index in [4.69, 9.17) is 14.5 Å². The van der Waals surface area contributed by atoms with Crippen molar-refractivity contribution >= 4 is 16.9 Å². The summed E-state index contributed by atoms with van der Waals surface area (Å²) in [7, 11) is 0. The van der Waals surface area contributed by atoms with E-state index in [0.29, 0.717) is 24.8 Å². The highest BCUT2D eigenvalue weighted by molar-refractivity contribution is 5.79. The number of carbonyl (C=O) groups is 1. The lowest BCUT2D eigenvalue weighted by atomic mass is 9.99. The number of para-hydroxylation sites is 3. The van der Waals surface area contributed by atoms with Crippen molar-refractivity contribution in [3.63, 3.8) is 0 Å². The molecular weight excluding hydrogens is 438 g/mol. The molecule has 0 aliphatic heterocycles. The third kappa shape index (κ3) is 6.21. The average Bonchev–Trinajstić information content (AvgIpc) is 3.27. The standard InChI is InChI=1S/C29H33N3O3/c1-4-21(2)23-14-16-25(17-15-23)34-19-18-32-27-13-9-8-12-26(27)31-29(32)22(3)30-28(33)20-35-24-10-6-5-7-11-24/h5-17,21-22H,4,18-20H2,1-3H3,(H,30,33). The lowest BCUT2D eigenvalue weighted by molar-refractivity contribution is -0.123. The Labute approximate surface area is 206 Å². The van der Waals surface area contributed by atoms with Crippen molar-refractivity contribution in [2.45, 2.75) is 45.7 Å². The minimum Gasteiger partial charge on any atom is -0.492 e. The molecule has 0 aliphatic carbocycles. The number of aromatic nitrogens is 2. The largest absolute Gasteiger partial charge is 0.492 e. The number of rotatable bonds is 11. The summed E-state index contributed by atoms with van der Waals surface area (Å²) in [6, 6.07) is 25.3. The molecule has 2 unspecified atom stereocenters. The smallest absolute Gasteiger partial charge is 0.258 e. The van der Waals surface area contributed by atoms with Gasteiger partial charge in [-0.1, -0.05) is 56.3 Å². The monoisotopic (exact) mass is 471 g/mol. The van der Waals surface area contributed by atoms with E-state index in [1.165, 1.54) is 5.56 Å². The highest BCUT2D eigenvalue weighted by atomic mass is 16.5. The number of carbonyl (C=O) groups excluding carboxylic acids is 1. The fourth-order valence-electron chi connectivity index (χ4n) is 4.06. The Morgan fingerprint density at radius 2 is 1.60 bits per heavy atom. The molecule has 1 amide bonds. The van der Waals surface area contributed by atoms with Crippen molar-refractivity contribution in [3.05, 3.63) is 90.3 Å². The Hall–Kier alpha value is -3.80. The van der Waals surface area contributed by atoms with Gasteiger partial charge in [-0.2, -0.15) is 0 Å². The Balaban J connectivity index is 1.41. The van der Waals surface area contributed by atoms with Crippen LogP contribution in [0, 0.1) is 0 Å². The third-order valence-electron chi connectivity index (χ3n) is 6.21. The second kappa shape index (κ2) is 11.6. The van der Waals surface area contributed by atoms with Crippen molar-refractivity contribution in [1.29, 1.82) is 0 Å². The number of nitrogens with one attached hydrogen (secondary N) is 1. The number of hydrogen-bond donors (Lipinski definition) is 1. The van der Waals surface area contributed by atoms with Crippen LogP contribution in [0.1, 0.15) is 50.5 Å². The van der Waals surface area contributed by atoms with Gasteiger partial charge in [0.15, 0.2) is 6.61 Å². The lowest BCUT2D eigenvalue weighted by Crippen LogP contribution is -2.33. The van der Waals surface area contributed by atoms with Gasteiger partial charge in [-0.25, -0.2) is 4.98 Å². The Kier molecular flexibility index (Phi) is 8.03. The Morgan fingerprint density at radius 1 is 0.914 bits per heavy atom. The first kappa shape index (κ1) is 24.3. The average molecular weight is 472 g/mol. The normalized spacial score (nSPS) is 12.8. The molecule has 0 aliphatic rings. The molecule has 3 aromatic carbocycles. The molecule has 1 heterocycles. The number of hydrogen-bond acceptors (Lipinski definition) is 4. The first-order chi connectivity index (χ1) is 17.0. The van der Waals surface area contributed by atoms with Crippen molar-refractivity contribution in [3.8, 4) is 11.5 Å². The predicted molar refractivity (Wildman–Crippen MR) is 139 cm³/mol. The zero-order valence-electron chi connectivity index (χ0n) is 20.6. The molecule has 0 radical (unpaired) electrons. The molecule has 6 heteroatoms. The van der Waals surface area contributed by atoms with Crippen LogP contribution in [0.3, 0.4) is 0 Å². The minimum absolute atomic E-state index is 0.0513. The van der Waals surface area contributed by atoms with Crippen LogP contribution < -0.4 is 14.8 Å². The molecule has 4 rings (SSSR count). The SMILES string of the molecule is CCC(C)c1ccc(OCCn2c(C(C)NC(=O)COc3ccccc3)nc3ccccc32)cc1. The maximum atomic E-state index is 12.5. The highest BCUT2D eigenvalue weighted by Crippen LogP contribution is 2.23. The predicted octanol–water partition coefficient (Wildman–Crippen LogP) is 5.89. The number of ether oxygens (including phenoxy) is 2. The van der Waals surface area contributed by atoms with Crippen LogP contribution in [-0.2, 0) is 11.3 Å². The van der Waals surface area contributed by atoms with Crippen molar-refractivity contribution in [1.82, 2.24) is 14.9 Å². The van der Waals surface area contributed by atoms with E-state index in [1.54, 1.807) is 0 Å². The molecule has 0 bridgehead atoms. The van der Waals surface area contributed by atoms with Crippen LogP contribution in [0.5, 0.6) is 11.5 Å².